The molecule has 0 radical (unpaired) electrons. The molecular formula is C14H15NO4. The second kappa shape index (κ2) is 4.35. The van der Waals surface area contributed by atoms with E-state index in [-0.39, 0.29) is 5.97 Å². The molecule has 0 saturated carbocycles. The third kappa shape index (κ3) is 1.81. The van der Waals surface area contributed by atoms with E-state index in [0.717, 1.165) is 16.7 Å². The van der Waals surface area contributed by atoms with Gasteiger partial charge in [-0.05, 0) is 24.6 Å². The molecule has 3 rings (SSSR count). The van der Waals surface area contributed by atoms with Gasteiger partial charge in [-0.15, -0.1) is 0 Å². The summed E-state index contributed by atoms with van der Waals surface area (Å²) in [5.41, 5.74) is 1.67. The average molecular weight is 261 g/mol. The molecule has 0 amide bonds. The second-order valence-electron chi connectivity index (χ2n) is 4.71. The Balaban J connectivity index is 2.03. The van der Waals surface area contributed by atoms with Gasteiger partial charge >= 0.3 is 5.97 Å². The lowest BCUT2D eigenvalue weighted by molar-refractivity contribution is -0.169. The van der Waals surface area contributed by atoms with Gasteiger partial charge in [-0.3, -0.25) is 4.79 Å². The SMILES string of the molecule is CCOC(=O)C1(c2ccc3oc(C)nc3c2)COC1. The van der Waals surface area contributed by atoms with Crippen molar-refractivity contribution in [3.05, 3.63) is 29.7 Å². The van der Waals surface area contributed by atoms with Crippen LogP contribution >= 0.6 is 0 Å². The second-order valence-corrected chi connectivity index (χ2v) is 4.71. The predicted molar refractivity (Wildman–Crippen MR) is 67.9 cm³/mol. The molecule has 0 unspecified atom stereocenters. The number of benzene rings is 1. The fourth-order valence-corrected chi connectivity index (χ4v) is 2.32. The number of rotatable bonds is 3. The van der Waals surface area contributed by atoms with Crippen molar-refractivity contribution in [1.29, 1.82) is 0 Å². The van der Waals surface area contributed by atoms with Crippen molar-refractivity contribution >= 4 is 17.1 Å². The molecule has 5 nitrogen and oxygen atoms in total. The molecule has 1 saturated heterocycles. The molecule has 0 atom stereocenters. The molecule has 2 aromatic rings. The maximum Gasteiger partial charge on any atom is 0.321 e. The van der Waals surface area contributed by atoms with Gasteiger partial charge in [0.05, 0.1) is 19.8 Å². The average Bonchev–Trinajstić information content (AvgIpc) is 2.67. The first-order valence-electron chi connectivity index (χ1n) is 6.28. The van der Waals surface area contributed by atoms with Gasteiger partial charge in [0.2, 0.25) is 0 Å². The lowest BCUT2D eigenvalue weighted by Gasteiger charge is -2.39. The highest BCUT2D eigenvalue weighted by atomic mass is 16.6. The zero-order chi connectivity index (χ0) is 13.5. The van der Waals surface area contributed by atoms with Gasteiger partial charge in [0.25, 0.3) is 0 Å². The summed E-state index contributed by atoms with van der Waals surface area (Å²) in [4.78, 5) is 16.4. The third-order valence-corrected chi connectivity index (χ3v) is 3.41. The van der Waals surface area contributed by atoms with Crippen LogP contribution in [0, 0.1) is 6.92 Å². The molecule has 19 heavy (non-hydrogen) atoms. The van der Waals surface area contributed by atoms with Gasteiger partial charge in [0.15, 0.2) is 11.5 Å². The lowest BCUT2D eigenvalue weighted by Crippen LogP contribution is -2.53. The summed E-state index contributed by atoms with van der Waals surface area (Å²) in [6, 6.07) is 5.60. The summed E-state index contributed by atoms with van der Waals surface area (Å²) >= 11 is 0. The number of hydrogen-bond donors (Lipinski definition) is 0. The Bertz CT molecular complexity index is 627. The number of fused-ring (bicyclic) bond motifs is 1. The Morgan fingerprint density at radius 3 is 2.89 bits per heavy atom. The number of aromatic nitrogens is 1. The Kier molecular flexibility index (Phi) is 2.78. The normalized spacial score (nSPS) is 17.2. The van der Waals surface area contributed by atoms with Crippen LogP contribution in [0.4, 0.5) is 0 Å². The number of oxazole rings is 1. The fourth-order valence-electron chi connectivity index (χ4n) is 2.32. The van der Waals surface area contributed by atoms with Crippen LogP contribution in [0.3, 0.4) is 0 Å². The van der Waals surface area contributed by atoms with E-state index < -0.39 is 5.41 Å². The molecule has 1 aliphatic heterocycles. The van der Waals surface area contributed by atoms with Crippen molar-refractivity contribution in [3.8, 4) is 0 Å². The first-order chi connectivity index (χ1) is 9.15. The standard InChI is InChI=1S/C14H15NO4/c1-3-18-13(16)14(7-17-8-14)10-4-5-12-11(6-10)15-9(2)19-12/h4-6H,3,7-8H2,1-2H3. The quantitative estimate of drug-likeness (QED) is 0.790. The minimum atomic E-state index is -0.683. The van der Waals surface area contributed by atoms with Crippen LogP contribution in [0.25, 0.3) is 11.1 Å². The van der Waals surface area contributed by atoms with Crippen molar-refractivity contribution in [2.75, 3.05) is 19.8 Å². The predicted octanol–water partition coefficient (Wildman–Crippen LogP) is 1.97. The van der Waals surface area contributed by atoms with Gasteiger partial charge in [0.1, 0.15) is 10.9 Å². The van der Waals surface area contributed by atoms with E-state index in [4.69, 9.17) is 13.9 Å². The van der Waals surface area contributed by atoms with E-state index in [1.165, 1.54) is 0 Å². The third-order valence-electron chi connectivity index (χ3n) is 3.41. The largest absolute Gasteiger partial charge is 0.465 e. The number of carbonyl (C=O) groups is 1. The maximum atomic E-state index is 12.1. The first kappa shape index (κ1) is 12.2. The van der Waals surface area contributed by atoms with E-state index in [1.54, 1.807) is 13.8 Å². The van der Waals surface area contributed by atoms with Gasteiger partial charge in [-0.1, -0.05) is 6.07 Å². The smallest absolute Gasteiger partial charge is 0.321 e. The molecule has 1 fully saturated rings. The summed E-state index contributed by atoms with van der Waals surface area (Å²) in [5.74, 6) is 0.378. The van der Waals surface area contributed by atoms with Crippen LogP contribution < -0.4 is 0 Å². The monoisotopic (exact) mass is 261 g/mol. The molecule has 0 spiro atoms. The van der Waals surface area contributed by atoms with E-state index in [2.05, 4.69) is 4.98 Å². The molecular weight excluding hydrogens is 246 g/mol. The molecule has 2 heterocycles. The molecule has 0 bridgehead atoms. The minimum absolute atomic E-state index is 0.235. The van der Waals surface area contributed by atoms with Gasteiger partial charge in [-0.2, -0.15) is 0 Å². The van der Waals surface area contributed by atoms with E-state index >= 15 is 0 Å². The van der Waals surface area contributed by atoms with Crippen molar-refractivity contribution < 1.29 is 18.7 Å². The molecule has 0 N–H and O–H groups in total. The molecule has 1 aromatic carbocycles. The Morgan fingerprint density at radius 2 is 2.26 bits per heavy atom. The van der Waals surface area contributed by atoms with Gasteiger partial charge < -0.3 is 13.9 Å². The van der Waals surface area contributed by atoms with Crippen molar-refractivity contribution in [3.63, 3.8) is 0 Å². The number of ether oxygens (including phenoxy) is 2. The van der Waals surface area contributed by atoms with Crippen LogP contribution in [-0.2, 0) is 19.7 Å². The zero-order valence-corrected chi connectivity index (χ0v) is 10.9. The fraction of sp³-hybridized carbons (Fsp3) is 0.429. The zero-order valence-electron chi connectivity index (χ0n) is 10.9. The Hall–Kier alpha value is -1.88. The summed E-state index contributed by atoms with van der Waals surface area (Å²) in [7, 11) is 0. The Morgan fingerprint density at radius 1 is 1.47 bits per heavy atom. The highest BCUT2D eigenvalue weighted by Crippen LogP contribution is 2.35. The van der Waals surface area contributed by atoms with Crippen molar-refractivity contribution in [1.82, 2.24) is 4.98 Å². The molecule has 1 aromatic heterocycles. The van der Waals surface area contributed by atoms with Gasteiger partial charge in [-0.25, -0.2) is 4.98 Å². The van der Waals surface area contributed by atoms with Crippen molar-refractivity contribution in [2.45, 2.75) is 19.3 Å². The molecule has 0 aliphatic carbocycles. The van der Waals surface area contributed by atoms with E-state index in [9.17, 15) is 4.79 Å². The summed E-state index contributed by atoms with van der Waals surface area (Å²) in [6.45, 7) is 4.68. The van der Waals surface area contributed by atoms with E-state index in [0.29, 0.717) is 25.7 Å². The van der Waals surface area contributed by atoms with Crippen LogP contribution in [0.1, 0.15) is 18.4 Å². The van der Waals surface area contributed by atoms with Crippen LogP contribution in [-0.4, -0.2) is 30.8 Å². The van der Waals surface area contributed by atoms with Gasteiger partial charge in [0, 0.05) is 6.92 Å². The highest BCUT2D eigenvalue weighted by molar-refractivity contribution is 5.86. The summed E-state index contributed by atoms with van der Waals surface area (Å²) in [5, 5.41) is 0. The number of carbonyl (C=O) groups excluding carboxylic acids is 1. The van der Waals surface area contributed by atoms with Crippen molar-refractivity contribution in [2.24, 2.45) is 0 Å². The molecule has 5 heteroatoms. The number of nitrogens with zero attached hydrogens (tertiary/aromatic N) is 1. The minimum Gasteiger partial charge on any atom is -0.465 e. The summed E-state index contributed by atoms with van der Waals surface area (Å²) < 4.78 is 15.8. The highest BCUT2D eigenvalue weighted by Gasteiger charge is 2.49. The maximum absolute atomic E-state index is 12.1. The first-order valence-corrected chi connectivity index (χ1v) is 6.28. The number of esters is 1. The summed E-state index contributed by atoms with van der Waals surface area (Å²) in [6.07, 6.45) is 0. The number of hydrogen-bond acceptors (Lipinski definition) is 5. The topological polar surface area (TPSA) is 61.6 Å². The van der Waals surface area contributed by atoms with Crippen LogP contribution in [0.5, 0.6) is 0 Å². The number of aryl methyl sites for hydroxylation is 1. The Labute approximate surface area is 110 Å². The van der Waals surface area contributed by atoms with Crippen LogP contribution in [0.15, 0.2) is 22.6 Å². The molecule has 1 aliphatic rings. The molecule has 100 valence electrons. The van der Waals surface area contributed by atoms with Crippen LogP contribution in [0.2, 0.25) is 0 Å². The lowest BCUT2D eigenvalue weighted by atomic mass is 9.78. The van der Waals surface area contributed by atoms with E-state index in [1.807, 2.05) is 18.2 Å².